The van der Waals surface area contributed by atoms with Gasteiger partial charge in [0.25, 0.3) is 5.69 Å². The lowest BCUT2D eigenvalue weighted by Crippen LogP contribution is -2.51. The number of methoxy groups -OCH3 is 1. The number of nitrogens with zero attached hydrogens (tertiary/aromatic N) is 3. The molecule has 1 aromatic rings. The summed E-state index contributed by atoms with van der Waals surface area (Å²) in [5, 5.41) is 11.4. The molecular formula is C17H24N4O6S. The van der Waals surface area contributed by atoms with E-state index in [1.54, 1.807) is 0 Å². The van der Waals surface area contributed by atoms with Crippen molar-refractivity contribution in [2.75, 3.05) is 26.7 Å². The lowest BCUT2D eigenvalue weighted by Gasteiger charge is -2.38. The first kappa shape index (κ1) is 20.5. The number of hydrogen-bond donors (Lipinski definition) is 1. The number of nitrogens with two attached hydrogens (primary N) is 1. The Balaban J connectivity index is 1.77. The minimum atomic E-state index is -4.01. The van der Waals surface area contributed by atoms with Gasteiger partial charge in [-0.25, -0.2) is 8.42 Å². The summed E-state index contributed by atoms with van der Waals surface area (Å²) in [7, 11) is -2.66. The fourth-order valence-electron chi connectivity index (χ4n) is 4.07. The van der Waals surface area contributed by atoms with Crippen LogP contribution in [0.2, 0.25) is 0 Å². The van der Waals surface area contributed by atoms with Crippen LogP contribution in [0, 0.1) is 10.1 Å². The zero-order valence-electron chi connectivity index (χ0n) is 15.6. The molecule has 2 aliphatic heterocycles. The second-order valence-corrected chi connectivity index (χ2v) is 8.93. The van der Waals surface area contributed by atoms with Gasteiger partial charge < -0.3 is 10.5 Å². The number of primary amides is 1. The topological polar surface area (TPSA) is 136 Å². The number of rotatable bonds is 6. The fraction of sp³-hybridized carbons (Fsp3) is 0.588. The summed E-state index contributed by atoms with van der Waals surface area (Å²) >= 11 is 0. The number of ether oxygens (including phenoxy) is 1. The second-order valence-electron chi connectivity index (χ2n) is 7.02. The molecule has 2 heterocycles. The zero-order chi connectivity index (χ0) is 20.5. The number of amides is 1. The summed E-state index contributed by atoms with van der Waals surface area (Å²) < 4.78 is 32.2. The Morgan fingerprint density at radius 3 is 2.50 bits per heavy atom. The highest BCUT2D eigenvalue weighted by atomic mass is 32.2. The van der Waals surface area contributed by atoms with E-state index in [2.05, 4.69) is 4.90 Å². The van der Waals surface area contributed by atoms with E-state index < -0.39 is 20.6 Å². The van der Waals surface area contributed by atoms with Gasteiger partial charge in [0.1, 0.15) is 5.75 Å². The Morgan fingerprint density at radius 2 is 1.93 bits per heavy atom. The van der Waals surface area contributed by atoms with Crippen LogP contribution in [0.5, 0.6) is 5.75 Å². The molecule has 0 radical (unpaired) electrons. The maximum Gasteiger partial charge on any atom is 0.293 e. The summed E-state index contributed by atoms with van der Waals surface area (Å²) in [6.45, 7) is 1.24. The van der Waals surface area contributed by atoms with E-state index in [9.17, 15) is 23.3 Å². The van der Waals surface area contributed by atoms with E-state index in [-0.39, 0.29) is 41.7 Å². The van der Waals surface area contributed by atoms with E-state index in [1.165, 1.54) is 23.5 Å². The van der Waals surface area contributed by atoms with Crippen molar-refractivity contribution in [3.8, 4) is 5.75 Å². The van der Waals surface area contributed by atoms with Gasteiger partial charge in [0, 0.05) is 19.1 Å². The predicted molar refractivity (Wildman–Crippen MR) is 100 cm³/mol. The number of likely N-dealkylation sites (tertiary alicyclic amines) is 1. The van der Waals surface area contributed by atoms with E-state index >= 15 is 0 Å². The van der Waals surface area contributed by atoms with Crippen LogP contribution in [0.15, 0.2) is 23.1 Å². The van der Waals surface area contributed by atoms with Crippen molar-refractivity contribution >= 4 is 21.6 Å². The summed E-state index contributed by atoms with van der Waals surface area (Å²) in [5.41, 5.74) is 4.97. The lowest BCUT2D eigenvalue weighted by molar-refractivity contribution is -0.387. The number of piperidine rings is 1. The minimum Gasteiger partial charge on any atom is -0.497 e. The van der Waals surface area contributed by atoms with E-state index in [4.69, 9.17) is 10.5 Å². The summed E-state index contributed by atoms with van der Waals surface area (Å²) in [6, 6.07) is 3.51. The molecule has 0 bridgehead atoms. The highest BCUT2D eigenvalue weighted by molar-refractivity contribution is 7.89. The molecule has 154 valence electrons. The smallest absolute Gasteiger partial charge is 0.293 e. The monoisotopic (exact) mass is 412 g/mol. The van der Waals surface area contributed by atoms with Crippen LogP contribution in [-0.4, -0.2) is 67.3 Å². The third-order valence-electron chi connectivity index (χ3n) is 5.50. The number of carbonyl (C=O) groups excluding carboxylic acids is 1. The van der Waals surface area contributed by atoms with Crippen molar-refractivity contribution in [1.29, 1.82) is 0 Å². The molecule has 2 fully saturated rings. The van der Waals surface area contributed by atoms with Crippen LogP contribution in [0.4, 0.5) is 5.69 Å². The number of nitro groups is 1. The van der Waals surface area contributed by atoms with Gasteiger partial charge in [-0.2, -0.15) is 4.31 Å². The van der Waals surface area contributed by atoms with Crippen molar-refractivity contribution in [2.24, 2.45) is 5.73 Å². The highest BCUT2D eigenvalue weighted by Crippen LogP contribution is 2.33. The minimum absolute atomic E-state index is 0.0808. The van der Waals surface area contributed by atoms with Gasteiger partial charge in [-0.3, -0.25) is 19.8 Å². The van der Waals surface area contributed by atoms with Crippen molar-refractivity contribution in [3.63, 3.8) is 0 Å². The van der Waals surface area contributed by atoms with Crippen LogP contribution in [0.25, 0.3) is 0 Å². The van der Waals surface area contributed by atoms with Gasteiger partial charge in [0.05, 0.1) is 24.1 Å². The average Bonchev–Trinajstić information content (AvgIpc) is 3.17. The normalized spacial score (nSPS) is 22.2. The third kappa shape index (κ3) is 3.82. The molecule has 3 rings (SSSR count). The van der Waals surface area contributed by atoms with Gasteiger partial charge in [-0.1, -0.05) is 0 Å². The molecule has 0 spiro atoms. The molecule has 0 aromatic heterocycles. The molecule has 2 aliphatic rings. The van der Waals surface area contributed by atoms with Gasteiger partial charge in [0.2, 0.25) is 15.9 Å². The Morgan fingerprint density at radius 1 is 1.25 bits per heavy atom. The van der Waals surface area contributed by atoms with Crippen molar-refractivity contribution in [1.82, 2.24) is 9.21 Å². The third-order valence-corrected chi connectivity index (χ3v) is 7.44. The molecule has 1 aromatic carbocycles. The zero-order valence-corrected chi connectivity index (χ0v) is 16.4. The predicted octanol–water partition coefficient (Wildman–Crippen LogP) is 0.706. The summed E-state index contributed by atoms with van der Waals surface area (Å²) in [6.07, 6.45) is 2.72. The van der Waals surface area contributed by atoms with Gasteiger partial charge in [-0.15, -0.1) is 0 Å². The molecule has 2 N–H and O–H groups in total. The Kier molecular flexibility index (Phi) is 5.87. The SMILES string of the molecule is COc1ccc(S(=O)(=O)N2CCC(N3CCCC3C(N)=O)CC2)c([N+](=O)[O-])c1. The number of sulfonamides is 1. The van der Waals surface area contributed by atoms with E-state index in [1.807, 2.05) is 0 Å². The largest absolute Gasteiger partial charge is 0.497 e. The molecule has 0 saturated carbocycles. The number of carbonyl (C=O) groups is 1. The van der Waals surface area contributed by atoms with Crippen molar-refractivity contribution < 1.29 is 22.9 Å². The molecule has 28 heavy (non-hydrogen) atoms. The van der Waals surface area contributed by atoms with E-state index in [0.717, 1.165) is 25.5 Å². The molecular weight excluding hydrogens is 388 g/mol. The summed E-state index contributed by atoms with van der Waals surface area (Å²) in [5.74, 6) is -0.128. The van der Waals surface area contributed by atoms with Crippen LogP contribution < -0.4 is 10.5 Å². The average molecular weight is 412 g/mol. The second kappa shape index (κ2) is 8.02. The lowest BCUT2D eigenvalue weighted by atomic mass is 10.0. The van der Waals surface area contributed by atoms with Crippen molar-refractivity contribution in [2.45, 2.75) is 42.7 Å². The van der Waals surface area contributed by atoms with Gasteiger partial charge in [0.15, 0.2) is 4.90 Å². The van der Waals surface area contributed by atoms with Gasteiger partial charge in [-0.05, 0) is 44.4 Å². The Bertz CT molecular complexity index is 866. The first-order valence-corrected chi connectivity index (χ1v) is 10.6. The summed E-state index contributed by atoms with van der Waals surface area (Å²) in [4.78, 5) is 24.0. The molecule has 1 atom stereocenters. The molecule has 11 heteroatoms. The number of hydrogen-bond acceptors (Lipinski definition) is 7. The standard InChI is InChI=1S/C17H24N4O6S/c1-27-13-4-5-16(15(11-13)21(23)24)28(25,26)19-9-6-12(7-10-19)20-8-2-3-14(20)17(18)22/h4-5,11-12,14H,2-3,6-10H2,1H3,(H2,18,22). The van der Waals surface area contributed by atoms with Gasteiger partial charge >= 0.3 is 0 Å². The molecule has 0 aliphatic carbocycles. The molecule has 2 saturated heterocycles. The quantitative estimate of drug-likeness (QED) is 0.536. The van der Waals surface area contributed by atoms with Crippen LogP contribution in [0.3, 0.4) is 0 Å². The molecule has 10 nitrogen and oxygen atoms in total. The maximum absolute atomic E-state index is 13.0. The maximum atomic E-state index is 13.0. The first-order valence-electron chi connectivity index (χ1n) is 9.13. The molecule has 1 unspecified atom stereocenters. The number of nitro benzene ring substituents is 1. The van der Waals surface area contributed by atoms with Crippen molar-refractivity contribution in [3.05, 3.63) is 28.3 Å². The Labute approximate surface area is 163 Å². The first-order chi connectivity index (χ1) is 13.3. The Hall–Kier alpha value is -2.24. The fourth-order valence-corrected chi connectivity index (χ4v) is 5.68. The van der Waals surface area contributed by atoms with Crippen LogP contribution in [0.1, 0.15) is 25.7 Å². The molecule has 1 amide bonds. The number of benzene rings is 1. The van der Waals surface area contributed by atoms with Crippen LogP contribution in [-0.2, 0) is 14.8 Å². The van der Waals surface area contributed by atoms with E-state index in [0.29, 0.717) is 12.8 Å². The van der Waals surface area contributed by atoms with Crippen LogP contribution >= 0.6 is 0 Å². The highest BCUT2D eigenvalue weighted by Gasteiger charge is 2.39.